The first-order valence-corrected chi connectivity index (χ1v) is 10.1. The fraction of sp³-hybridized carbons (Fsp3) is 0. The second-order valence-electron chi connectivity index (χ2n) is 7.13. The monoisotopic (exact) mass is 422 g/mol. The molecule has 0 amide bonds. The number of hydrogen-bond acceptors (Lipinski definition) is 1. The molecule has 0 unspecified atom stereocenters. The molecule has 0 saturated carbocycles. The van der Waals surface area contributed by atoms with E-state index in [1.165, 1.54) is 32.7 Å². The minimum absolute atomic E-state index is 0.926. The van der Waals surface area contributed by atoms with E-state index in [9.17, 15) is 0 Å². The Bertz CT molecular complexity index is 1520. The first kappa shape index (κ1) is 15.9. The molecule has 0 aliphatic rings. The largest absolute Gasteiger partial charge is 0.455 e. The van der Waals surface area contributed by atoms with Crippen LogP contribution in [0.15, 0.2) is 99.9 Å². The molecule has 6 aromatic rings. The van der Waals surface area contributed by atoms with Crippen molar-refractivity contribution in [3.63, 3.8) is 0 Å². The van der Waals surface area contributed by atoms with Gasteiger partial charge in [-0.1, -0.05) is 82.7 Å². The SMILES string of the molecule is Brc1cc(-c2cc3ccccc3c3oc4ccccc4c23)cc2ccccc12. The van der Waals surface area contributed by atoms with Crippen LogP contribution in [0.2, 0.25) is 0 Å². The zero-order chi connectivity index (χ0) is 18.7. The van der Waals surface area contributed by atoms with Crippen LogP contribution in [0, 0.1) is 0 Å². The molecule has 0 radical (unpaired) electrons. The van der Waals surface area contributed by atoms with Gasteiger partial charge in [0, 0.05) is 20.6 Å². The third kappa shape index (κ3) is 2.25. The van der Waals surface area contributed by atoms with Crippen molar-refractivity contribution in [3.8, 4) is 11.1 Å². The molecule has 0 spiro atoms. The van der Waals surface area contributed by atoms with Gasteiger partial charge in [0.05, 0.1) is 0 Å². The lowest BCUT2D eigenvalue weighted by Crippen LogP contribution is -1.84. The summed E-state index contributed by atoms with van der Waals surface area (Å²) < 4.78 is 7.44. The molecule has 0 fully saturated rings. The van der Waals surface area contributed by atoms with Gasteiger partial charge in [-0.3, -0.25) is 0 Å². The van der Waals surface area contributed by atoms with Crippen molar-refractivity contribution in [2.45, 2.75) is 0 Å². The van der Waals surface area contributed by atoms with Gasteiger partial charge in [-0.2, -0.15) is 0 Å². The first-order valence-electron chi connectivity index (χ1n) is 9.31. The molecule has 0 aliphatic heterocycles. The van der Waals surface area contributed by atoms with Gasteiger partial charge in [0.1, 0.15) is 11.2 Å². The third-order valence-electron chi connectivity index (χ3n) is 5.49. The number of para-hydroxylation sites is 1. The van der Waals surface area contributed by atoms with E-state index in [-0.39, 0.29) is 0 Å². The van der Waals surface area contributed by atoms with Gasteiger partial charge >= 0.3 is 0 Å². The minimum Gasteiger partial charge on any atom is -0.455 e. The van der Waals surface area contributed by atoms with Crippen molar-refractivity contribution in [1.82, 2.24) is 0 Å². The van der Waals surface area contributed by atoms with Gasteiger partial charge in [-0.15, -0.1) is 0 Å². The molecular formula is C26H15BrO. The summed E-state index contributed by atoms with van der Waals surface area (Å²) >= 11 is 3.78. The molecule has 1 heterocycles. The molecular weight excluding hydrogens is 408 g/mol. The van der Waals surface area contributed by atoms with Gasteiger partial charge < -0.3 is 4.42 Å². The number of benzene rings is 5. The summed E-state index contributed by atoms with van der Waals surface area (Å²) in [7, 11) is 0. The molecule has 2 heteroatoms. The van der Waals surface area contributed by atoms with E-state index >= 15 is 0 Å². The Morgan fingerprint density at radius 3 is 2.07 bits per heavy atom. The van der Waals surface area contributed by atoms with Crippen molar-refractivity contribution in [1.29, 1.82) is 0 Å². The highest BCUT2D eigenvalue weighted by Crippen LogP contribution is 2.42. The summed E-state index contributed by atoms with van der Waals surface area (Å²) in [5.74, 6) is 0. The minimum atomic E-state index is 0.926. The summed E-state index contributed by atoms with van der Waals surface area (Å²) in [5, 5.41) is 7.12. The topological polar surface area (TPSA) is 13.1 Å². The zero-order valence-electron chi connectivity index (χ0n) is 14.9. The summed E-state index contributed by atoms with van der Waals surface area (Å²) in [6.45, 7) is 0. The zero-order valence-corrected chi connectivity index (χ0v) is 16.5. The Kier molecular flexibility index (Phi) is 3.38. The summed E-state index contributed by atoms with van der Waals surface area (Å²) in [6.07, 6.45) is 0. The average Bonchev–Trinajstić information content (AvgIpc) is 3.13. The van der Waals surface area contributed by atoms with Crippen LogP contribution in [-0.2, 0) is 0 Å². The molecule has 6 rings (SSSR count). The highest BCUT2D eigenvalue weighted by atomic mass is 79.9. The van der Waals surface area contributed by atoms with Crippen molar-refractivity contribution in [2.24, 2.45) is 0 Å². The van der Waals surface area contributed by atoms with Crippen LogP contribution >= 0.6 is 15.9 Å². The molecule has 0 bridgehead atoms. The van der Waals surface area contributed by atoms with Crippen LogP contribution in [0.25, 0.3) is 54.6 Å². The second-order valence-corrected chi connectivity index (χ2v) is 7.98. The second kappa shape index (κ2) is 5.95. The Hall–Kier alpha value is -3.10. The molecule has 1 aromatic heterocycles. The molecule has 0 atom stereocenters. The van der Waals surface area contributed by atoms with Crippen LogP contribution in [-0.4, -0.2) is 0 Å². The first-order chi connectivity index (χ1) is 13.8. The Labute approximate surface area is 170 Å². The average molecular weight is 423 g/mol. The fourth-order valence-corrected chi connectivity index (χ4v) is 4.81. The van der Waals surface area contributed by atoms with Crippen LogP contribution in [0.1, 0.15) is 0 Å². The Balaban J connectivity index is 1.82. The van der Waals surface area contributed by atoms with Crippen LogP contribution in [0.3, 0.4) is 0 Å². The van der Waals surface area contributed by atoms with E-state index in [0.717, 1.165) is 26.4 Å². The molecule has 132 valence electrons. The van der Waals surface area contributed by atoms with E-state index < -0.39 is 0 Å². The fourth-order valence-electron chi connectivity index (χ4n) is 4.21. The lowest BCUT2D eigenvalue weighted by Gasteiger charge is -2.10. The summed E-state index contributed by atoms with van der Waals surface area (Å²) in [4.78, 5) is 0. The van der Waals surface area contributed by atoms with Crippen molar-refractivity contribution in [3.05, 3.63) is 95.5 Å². The predicted molar refractivity (Wildman–Crippen MR) is 122 cm³/mol. The molecule has 28 heavy (non-hydrogen) atoms. The highest BCUT2D eigenvalue weighted by Gasteiger charge is 2.16. The number of hydrogen-bond donors (Lipinski definition) is 0. The number of rotatable bonds is 1. The van der Waals surface area contributed by atoms with Crippen LogP contribution in [0.5, 0.6) is 0 Å². The molecule has 0 N–H and O–H groups in total. The lowest BCUT2D eigenvalue weighted by molar-refractivity contribution is 0.673. The van der Waals surface area contributed by atoms with Crippen molar-refractivity contribution < 1.29 is 4.42 Å². The van der Waals surface area contributed by atoms with E-state index in [2.05, 4.69) is 94.8 Å². The standard InChI is InChI=1S/C26H15BrO/c27-23-15-18(13-16-7-1-3-9-19(16)23)22-14-17-8-2-4-10-20(17)26-25(22)21-11-5-6-12-24(21)28-26/h1-15H. The number of furan rings is 1. The summed E-state index contributed by atoms with van der Waals surface area (Å²) in [6, 6.07) is 32.0. The van der Waals surface area contributed by atoms with E-state index in [1.807, 2.05) is 12.1 Å². The molecule has 0 saturated heterocycles. The number of halogens is 1. The maximum absolute atomic E-state index is 6.33. The van der Waals surface area contributed by atoms with Crippen molar-refractivity contribution >= 4 is 59.4 Å². The van der Waals surface area contributed by atoms with Gasteiger partial charge in [-0.05, 0) is 51.6 Å². The number of fused-ring (bicyclic) bond motifs is 6. The Morgan fingerprint density at radius 1 is 0.607 bits per heavy atom. The smallest absolute Gasteiger partial charge is 0.143 e. The Morgan fingerprint density at radius 2 is 1.25 bits per heavy atom. The summed E-state index contributed by atoms with van der Waals surface area (Å²) in [5.41, 5.74) is 4.27. The van der Waals surface area contributed by atoms with Crippen LogP contribution < -0.4 is 0 Å². The van der Waals surface area contributed by atoms with E-state index in [4.69, 9.17) is 4.42 Å². The predicted octanol–water partition coefficient (Wildman–Crippen LogP) is 8.32. The quantitative estimate of drug-likeness (QED) is 0.259. The van der Waals surface area contributed by atoms with Crippen molar-refractivity contribution in [2.75, 3.05) is 0 Å². The van der Waals surface area contributed by atoms with Gasteiger partial charge in [-0.25, -0.2) is 0 Å². The van der Waals surface area contributed by atoms with E-state index in [0.29, 0.717) is 0 Å². The van der Waals surface area contributed by atoms with E-state index in [1.54, 1.807) is 0 Å². The third-order valence-corrected chi connectivity index (χ3v) is 6.15. The maximum atomic E-state index is 6.33. The van der Waals surface area contributed by atoms with Gasteiger partial charge in [0.25, 0.3) is 0 Å². The maximum Gasteiger partial charge on any atom is 0.143 e. The normalized spacial score (nSPS) is 11.8. The molecule has 0 aliphatic carbocycles. The van der Waals surface area contributed by atoms with Crippen LogP contribution in [0.4, 0.5) is 0 Å². The van der Waals surface area contributed by atoms with Gasteiger partial charge in [0.2, 0.25) is 0 Å². The van der Waals surface area contributed by atoms with Gasteiger partial charge in [0.15, 0.2) is 0 Å². The lowest BCUT2D eigenvalue weighted by atomic mass is 9.94. The molecule has 5 aromatic carbocycles. The molecule has 1 nitrogen and oxygen atoms in total. The highest BCUT2D eigenvalue weighted by molar-refractivity contribution is 9.10.